The van der Waals surface area contributed by atoms with Crippen LogP contribution in [0.4, 0.5) is 5.69 Å². The van der Waals surface area contributed by atoms with Crippen molar-refractivity contribution in [3.05, 3.63) is 64.1 Å². The Hall–Kier alpha value is -1.28. The average molecular weight is 318 g/mol. The monoisotopic (exact) mass is 317 g/mol. The van der Waals surface area contributed by atoms with Crippen LogP contribution < -0.4 is 5.32 Å². The molecule has 0 aliphatic carbocycles. The van der Waals surface area contributed by atoms with Crippen LogP contribution in [0.5, 0.6) is 0 Å². The fourth-order valence-electron chi connectivity index (χ4n) is 2.29. The van der Waals surface area contributed by atoms with Gasteiger partial charge in [-0.3, -0.25) is 0 Å². The Morgan fingerprint density at radius 3 is 2.47 bits per heavy atom. The van der Waals surface area contributed by atoms with E-state index < -0.39 is 0 Å². The number of para-hydroxylation sites is 1. The van der Waals surface area contributed by atoms with Gasteiger partial charge in [0, 0.05) is 16.2 Å². The molecule has 0 bridgehead atoms. The van der Waals surface area contributed by atoms with Gasteiger partial charge in [0.15, 0.2) is 0 Å². The van der Waals surface area contributed by atoms with Gasteiger partial charge in [-0.2, -0.15) is 0 Å². The molecule has 0 aliphatic heterocycles. The zero-order chi connectivity index (χ0) is 13.7. The van der Waals surface area contributed by atoms with Gasteiger partial charge in [-0.25, -0.2) is 0 Å². The summed E-state index contributed by atoms with van der Waals surface area (Å²) in [5, 5.41) is 3.62. The molecule has 2 aromatic carbocycles. The van der Waals surface area contributed by atoms with E-state index in [2.05, 4.69) is 77.6 Å². The molecule has 1 atom stereocenters. The Labute approximate surface area is 124 Å². The first kappa shape index (κ1) is 14.1. The lowest BCUT2D eigenvalue weighted by Gasteiger charge is -2.19. The lowest BCUT2D eigenvalue weighted by molar-refractivity contribution is 0.863. The highest BCUT2D eigenvalue weighted by atomic mass is 79.9. The third-order valence-electron chi connectivity index (χ3n) is 3.28. The lowest BCUT2D eigenvalue weighted by Crippen LogP contribution is -2.09. The molecular formula is C17H20BrN. The van der Waals surface area contributed by atoms with Crippen LogP contribution in [0.25, 0.3) is 0 Å². The maximum absolute atomic E-state index is 3.62. The molecule has 0 spiro atoms. The van der Waals surface area contributed by atoms with Gasteiger partial charge in [0.1, 0.15) is 0 Å². The number of nitrogens with one attached hydrogen (secondary N) is 1. The first-order valence-electron chi connectivity index (χ1n) is 6.81. The highest BCUT2D eigenvalue weighted by Gasteiger charge is 2.10. The van der Waals surface area contributed by atoms with Crippen molar-refractivity contribution < 1.29 is 0 Å². The predicted octanol–water partition coefficient (Wildman–Crippen LogP) is 5.57. The van der Waals surface area contributed by atoms with Crippen LogP contribution >= 0.6 is 15.9 Å². The van der Waals surface area contributed by atoms with Gasteiger partial charge in [0.05, 0.1) is 0 Å². The zero-order valence-electron chi connectivity index (χ0n) is 11.5. The van der Waals surface area contributed by atoms with Crippen LogP contribution in [-0.4, -0.2) is 0 Å². The Morgan fingerprint density at radius 1 is 1.05 bits per heavy atom. The van der Waals surface area contributed by atoms with Gasteiger partial charge in [-0.15, -0.1) is 0 Å². The second kappa shape index (κ2) is 6.76. The molecule has 1 unspecified atom stereocenters. The number of benzene rings is 2. The van der Waals surface area contributed by atoms with Crippen molar-refractivity contribution >= 4 is 21.6 Å². The van der Waals surface area contributed by atoms with Crippen LogP contribution in [0.2, 0.25) is 0 Å². The molecule has 1 nitrogen and oxygen atoms in total. The predicted molar refractivity (Wildman–Crippen MR) is 86.6 cm³/mol. The van der Waals surface area contributed by atoms with E-state index in [4.69, 9.17) is 0 Å². The van der Waals surface area contributed by atoms with Crippen LogP contribution in [0.15, 0.2) is 53.0 Å². The number of aryl methyl sites for hydroxylation is 1. The summed E-state index contributed by atoms with van der Waals surface area (Å²) in [5.74, 6) is 0. The van der Waals surface area contributed by atoms with E-state index in [1.165, 1.54) is 23.2 Å². The number of anilines is 1. The average Bonchev–Trinajstić information content (AvgIpc) is 2.41. The van der Waals surface area contributed by atoms with Crippen LogP contribution in [0.1, 0.15) is 37.4 Å². The number of rotatable bonds is 5. The molecule has 2 aromatic rings. The van der Waals surface area contributed by atoms with Gasteiger partial charge in [-0.1, -0.05) is 65.7 Å². The number of hydrogen-bond acceptors (Lipinski definition) is 1. The molecule has 0 saturated heterocycles. The quantitative estimate of drug-likeness (QED) is 0.759. The van der Waals surface area contributed by atoms with E-state index in [9.17, 15) is 0 Å². The van der Waals surface area contributed by atoms with Gasteiger partial charge < -0.3 is 5.32 Å². The summed E-state index contributed by atoms with van der Waals surface area (Å²) in [7, 11) is 0. The van der Waals surface area contributed by atoms with Crippen molar-refractivity contribution in [3.8, 4) is 0 Å². The lowest BCUT2D eigenvalue weighted by atomic mass is 10.0. The molecule has 0 amide bonds. The molecule has 0 aromatic heterocycles. The largest absolute Gasteiger partial charge is 0.378 e. The molecular weight excluding hydrogens is 298 g/mol. The third-order valence-corrected chi connectivity index (χ3v) is 4.00. The molecule has 0 saturated carbocycles. The third kappa shape index (κ3) is 3.60. The standard InChI is InChI=1S/C17H20BrN/c1-3-8-14-9-4-7-12-17(14)19-13(2)15-10-5-6-11-16(15)18/h4-7,9-13,19H,3,8H2,1-2H3. The molecule has 100 valence electrons. The fraction of sp³-hybridized carbons (Fsp3) is 0.294. The summed E-state index contributed by atoms with van der Waals surface area (Å²) >= 11 is 3.62. The minimum atomic E-state index is 0.286. The number of halogens is 1. The van der Waals surface area contributed by atoms with E-state index in [1.54, 1.807) is 0 Å². The summed E-state index contributed by atoms with van der Waals surface area (Å²) in [6, 6.07) is 17.2. The Kier molecular flexibility index (Phi) is 5.03. The summed E-state index contributed by atoms with van der Waals surface area (Å²) in [4.78, 5) is 0. The van der Waals surface area contributed by atoms with Crippen LogP contribution in [0.3, 0.4) is 0 Å². The number of hydrogen-bond donors (Lipinski definition) is 1. The first-order chi connectivity index (χ1) is 9.22. The van der Waals surface area contributed by atoms with Crippen molar-refractivity contribution in [2.24, 2.45) is 0 Å². The zero-order valence-corrected chi connectivity index (χ0v) is 13.1. The minimum absolute atomic E-state index is 0.286. The van der Waals surface area contributed by atoms with Gasteiger partial charge in [-0.05, 0) is 36.6 Å². The van der Waals surface area contributed by atoms with Crippen molar-refractivity contribution in [3.63, 3.8) is 0 Å². The molecule has 1 N–H and O–H groups in total. The highest BCUT2D eigenvalue weighted by Crippen LogP contribution is 2.27. The summed E-state index contributed by atoms with van der Waals surface area (Å²) in [5.41, 5.74) is 3.92. The summed E-state index contributed by atoms with van der Waals surface area (Å²) in [6.45, 7) is 4.41. The smallest absolute Gasteiger partial charge is 0.0496 e. The molecule has 19 heavy (non-hydrogen) atoms. The first-order valence-corrected chi connectivity index (χ1v) is 7.60. The van der Waals surface area contributed by atoms with E-state index in [-0.39, 0.29) is 6.04 Å². The van der Waals surface area contributed by atoms with Crippen molar-refractivity contribution in [2.75, 3.05) is 5.32 Å². The van der Waals surface area contributed by atoms with Gasteiger partial charge in [0.25, 0.3) is 0 Å². The SMILES string of the molecule is CCCc1ccccc1NC(C)c1ccccc1Br. The Balaban J connectivity index is 2.19. The summed E-state index contributed by atoms with van der Waals surface area (Å²) in [6.07, 6.45) is 2.29. The van der Waals surface area contributed by atoms with Gasteiger partial charge >= 0.3 is 0 Å². The Morgan fingerprint density at radius 2 is 1.74 bits per heavy atom. The fourth-order valence-corrected chi connectivity index (χ4v) is 2.91. The molecule has 2 rings (SSSR count). The minimum Gasteiger partial charge on any atom is -0.378 e. The van der Waals surface area contributed by atoms with Crippen LogP contribution in [0, 0.1) is 0 Å². The van der Waals surface area contributed by atoms with E-state index >= 15 is 0 Å². The maximum atomic E-state index is 3.62. The molecule has 2 heteroatoms. The topological polar surface area (TPSA) is 12.0 Å². The molecule has 0 heterocycles. The van der Waals surface area contributed by atoms with Gasteiger partial charge in [0.2, 0.25) is 0 Å². The molecule has 0 fully saturated rings. The molecule has 0 aliphatic rings. The van der Waals surface area contributed by atoms with E-state index in [0.29, 0.717) is 0 Å². The normalized spacial score (nSPS) is 12.2. The van der Waals surface area contributed by atoms with Crippen molar-refractivity contribution in [1.82, 2.24) is 0 Å². The Bertz CT molecular complexity index is 536. The van der Waals surface area contributed by atoms with Crippen LogP contribution in [-0.2, 0) is 6.42 Å². The van der Waals surface area contributed by atoms with Crippen molar-refractivity contribution in [2.45, 2.75) is 32.7 Å². The maximum Gasteiger partial charge on any atom is 0.0496 e. The van der Waals surface area contributed by atoms with E-state index in [0.717, 1.165) is 10.9 Å². The van der Waals surface area contributed by atoms with E-state index in [1.807, 2.05) is 6.07 Å². The second-order valence-electron chi connectivity index (χ2n) is 4.79. The van der Waals surface area contributed by atoms with Crippen molar-refractivity contribution in [1.29, 1.82) is 0 Å². The highest BCUT2D eigenvalue weighted by molar-refractivity contribution is 9.10. The second-order valence-corrected chi connectivity index (χ2v) is 5.65. The molecule has 0 radical (unpaired) electrons. The summed E-state index contributed by atoms with van der Waals surface area (Å²) < 4.78 is 1.16.